The van der Waals surface area contributed by atoms with Crippen LogP contribution in [0.25, 0.3) is 11.2 Å². The van der Waals surface area contributed by atoms with Crippen molar-refractivity contribution in [2.75, 3.05) is 0 Å². The zero-order valence-corrected chi connectivity index (χ0v) is 10.7. The van der Waals surface area contributed by atoms with Gasteiger partial charge in [0.1, 0.15) is 17.6 Å². The monoisotopic (exact) mass is 264 g/mol. The van der Waals surface area contributed by atoms with Crippen LogP contribution in [0, 0.1) is 0 Å². The van der Waals surface area contributed by atoms with E-state index in [0.717, 1.165) is 30.1 Å². The molecule has 0 spiro atoms. The van der Waals surface area contributed by atoms with Crippen molar-refractivity contribution in [1.82, 2.24) is 19.5 Å². The Hall–Kier alpha value is -2.18. The quantitative estimate of drug-likeness (QED) is 0.577. The molecule has 0 aliphatic heterocycles. The minimum Gasteiger partial charge on any atom is -0.336 e. The molecular weight excluding hydrogens is 248 g/mol. The number of aromatic nitrogens is 4. The molecule has 102 valence electrons. The first kappa shape index (κ1) is 13.3. The Morgan fingerprint density at radius 2 is 2.00 bits per heavy atom. The molecule has 2 heterocycles. The topological polar surface area (TPSA) is 101 Å². The number of nitrogens with one attached hydrogen (secondary N) is 2. The van der Waals surface area contributed by atoms with E-state index in [0.29, 0.717) is 29.8 Å². The number of hydrogen-bond donors (Lipinski definition) is 2. The first-order valence-corrected chi connectivity index (χ1v) is 6.25. The van der Waals surface area contributed by atoms with Gasteiger partial charge < -0.3 is 9.78 Å². The van der Waals surface area contributed by atoms with Gasteiger partial charge in [-0.3, -0.25) is 14.3 Å². The number of aldehydes is 1. The molecule has 7 heteroatoms. The summed E-state index contributed by atoms with van der Waals surface area (Å²) >= 11 is 0. The summed E-state index contributed by atoms with van der Waals surface area (Å²) < 4.78 is 1.01. The molecule has 0 saturated carbocycles. The smallest absolute Gasteiger partial charge is 0.329 e. The first-order chi connectivity index (χ1) is 9.13. The molecule has 0 aliphatic carbocycles. The Balaban J connectivity index is 2.14. The third-order valence-corrected chi connectivity index (χ3v) is 3.04. The molecule has 0 bridgehead atoms. The summed E-state index contributed by atoms with van der Waals surface area (Å²) in [7, 11) is 1.42. The minimum absolute atomic E-state index is 0.302. The highest BCUT2D eigenvalue weighted by Crippen LogP contribution is 2.07. The standard InChI is InChI=1S/C12H16N4O3/c1-16-11(18)9-10(15-12(16)19)14-8(13-9)6-4-2-3-5-7-17/h7H,2-6H2,1H3,(H,13,14)(H,15,19). The van der Waals surface area contributed by atoms with Crippen molar-refractivity contribution in [3.63, 3.8) is 0 Å². The van der Waals surface area contributed by atoms with E-state index in [1.165, 1.54) is 7.05 Å². The Kier molecular flexibility index (Phi) is 3.94. The fourth-order valence-corrected chi connectivity index (χ4v) is 1.93. The lowest BCUT2D eigenvalue weighted by atomic mass is 10.1. The summed E-state index contributed by atoms with van der Waals surface area (Å²) in [5, 5.41) is 0. The lowest BCUT2D eigenvalue weighted by Gasteiger charge is -1.95. The highest BCUT2D eigenvalue weighted by atomic mass is 16.2. The number of nitrogens with zero attached hydrogens (tertiary/aromatic N) is 2. The number of aromatic amines is 2. The van der Waals surface area contributed by atoms with Crippen LogP contribution in [-0.2, 0) is 18.3 Å². The number of imidazole rings is 1. The van der Waals surface area contributed by atoms with Crippen molar-refractivity contribution >= 4 is 17.5 Å². The lowest BCUT2D eigenvalue weighted by Crippen LogP contribution is -2.32. The lowest BCUT2D eigenvalue weighted by molar-refractivity contribution is -0.107. The number of H-pyrrole nitrogens is 2. The molecule has 0 aliphatic rings. The van der Waals surface area contributed by atoms with Crippen LogP contribution >= 0.6 is 0 Å². The van der Waals surface area contributed by atoms with Crippen molar-refractivity contribution in [2.45, 2.75) is 32.1 Å². The van der Waals surface area contributed by atoms with Crippen molar-refractivity contribution in [3.05, 3.63) is 26.7 Å². The highest BCUT2D eigenvalue weighted by Gasteiger charge is 2.09. The SMILES string of the molecule is Cn1c(=O)[nH]c2nc(CCCCCC=O)[nH]c2c1=O. The maximum absolute atomic E-state index is 11.8. The van der Waals surface area contributed by atoms with Crippen LogP contribution in [-0.4, -0.2) is 25.8 Å². The molecule has 0 amide bonds. The van der Waals surface area contributed by atoms with Crippen molar-refractivity contribution in [1.29, 1.82) is 0 Å². The van der Waals surface area contributed by atoms with E-state index in [9.17, 15) is 14.4 Å². The fraction of sp³-hybridized carbons (Fsp3) is 0.500. The molecule has 2 rings (SSSR count). The van der Waals surface area contributed by atoms with Crippen molar-refractivity contribution < 1.29 is 4.79 Å². The molecule has 0 radical (unpaired) electrons. The molecule has 2 aromatic rings. The number of unbranched alkanes of at least 4 members (excludes halogenated alkanes) is 3. The van der Waals surface area contributed by atoms with E-state index < -0.39 is 5.69 Å². The Bertz CT molecular complexity index is 695. The van der Waals surface area contributed by atoms with Gasteiger partial charge in [0.25, 0.3) is 5.56 Å². The van der Waals surface area contributed by atoms with Gasteiger partial charge in [0.2, 0.25) is 0 Å². The van der Waals surface area contributed by atoms with Gasteiger partial charge in [0, 0.05) is 19.9 Å². The van der Waals surface area contributed by atoms with Crippen LogP contribution in [0.4, 0.5) is 0 Å². The molecule has 0 unspecified atom stereocenters. The predicted octanol–water partition coefficient (Wildman–Crippen LogP) is 0.252. The molecule has 7 nitrogen and oxygen atoms in total. The van der Waals surface area contributed by atoms with Crippen LogP contribution < -0.4 is 11.2 Å². The maximum Gasteiger partial charge on any atom is 0.329 e. The maximum atomic E-state index is 11.8. The number of hydrogen-bond acceptors (Lipinski definition) is 4. The van der Waals surface area contributed by atoms with E-state index >= 15 is 0 Å². The van der Waals surface area contributed by atoms with E-state index in [1.807, 2.05) is 0 Å². The van der Waals surface area contributed by atoms with Crippen molar-refractivity contribution in [2.24, 2.45) is 7.05 Å². The normalized spacial score (nSPS) is 11.0. The second-order valence-corrected chi connectivity index (χ2v) is 4.47. The van der Waals surface area contributed by atoms with Gasteiger partial charge >= 0.3 is 5.69 Å². The van der Waals surface area contributed by atoms with E-state index in [2.05, 4.69) is 15.0 Å². The van der Waals surface area contributed by atoms with Gasteiger partial charge in [0.15, 0.2) is 5.65 Å². The molecule has 0 saturated heterocycles. The average molecular weight is 264 g/mol. The van der Waals surface area contributed by atoms with Gasteiger partial charge in [-0.1, -0.05) is 6.42 Å². The zero-order chi connectivity index (χ0) is 13.8. The summed E-state index contributed by atoms with van der Waals surface area (Å²) in [6.45, 7) is 0. The Labute approximate surface area is 108 Å². The second-order valence-electron chi connectivity index (χ2n) is 4.47. The fourth-order valence-electron chi connectivity index (χ4n) is 1.93. The number of carbonyl (C=O) groups is 1. The summed E-state index contributed by atoms with van der Waals surface area (Å²) in [5.74, 6) is 0.681. The Morgan fingerprint density at radius 3 is 2.74 bits per heavy atom. The van der Waals surface area contributed by atoms with Crippen LogP contribution in [0.15, 0.2) is 9.59 Å². The third-order valence-electron chi connectivity index (χ3n) is 3.04. The number of aryl methyl sites for hydroxylation is 1. The zero-order valence-electron chi connectivity index (χ0n) is 10.7. The van der Waals surface area contributed by atoms with Crippen LogP contribution in [0.1, 0.15) is 31.5 Å². The number of carbonyl (C=O) groups excluding carboxylic acids is 1. The Morgan fingerprint density at radius 1 is 1.21 bits per heavy atom. The summed E-state index contributed by atoms with van der Waals surface area (Å²) in [5.41, 5.74) is -0.221. The molecule has 0 fully saturated rings. The summed E-state index contributed by atoms with van der Waals surface area (Å²) in [4.78, 5) is 43.1. The molecule has 0 aromatic carbocycles. The second kappa shape index (κ2) is 5.64. The average Bonchev–Trinajstić information content (AvgIpc) is 2.79. The molecule has 19 heavy (non-hydrogen) atoms. The van der Waals surface area contributed by atoms with Gasteiger partial charge in [-0.05, 0) is 12.8 Å². The van der Waals surface area contributed by atoms with Crippen LogP contribution in [0.5, 0.6) is 0 Å². The van der Waals surface area contributed by atoms with Crippen molar-refractivity contribution in [3.8, 4) is 0 Å². The highest BCUT2D eigenvalue weighted by molar-refractivity contribution is 5.68. The molecule has 2 aromatic heterocycles. The number of rotatable bonds is 6. The number of fused-ring (bicyclic) bond motifs is 1. The first-order valence-electron chi connectivity index (χ1n) is 6.25. The predicted molar refractivity (Wildman–Crippen MR) is 70.2 cm³/mol. The third kappa shape index (κ3) is 2.81. The van der Waals surface area contributed by atoms with Crippen LogP contribution in [0.2, 0.25) is 0 Å². The van der Waals surface area contributed by atoms with E-state index in [-0.39, 0.29) is 5.56 Å². The van der Waals surface area contributed by atoms with Gasteiger partial charge in [-0.2, -0.15) is 0 Å². The summed E-state index contributed by atoms with van der Waals surface area (Å²) in [6, 6.07) is 0. The van der Waals surface area contributed by atoms with E-state index in [4.69, 9.17) is 0 Å². The van der Waals surface area contributed by atoms with Gasteiger partial charge in [-0.25, -0.2) is 9.78 Å². The molecular formula is C12H16N4O3. The van der Waals surface area contributed by atoms with Gasteiger partial charge in [0.05, 0.1) is 0 Å². The summed E-state index contributed by atoms with van der Waals surface area (Å²) in [6.07, 6.45) is 4.87. The van der Waals surface area contributed by atoms with E-state index in [1.54, 1.807) is 0 Å². The molecule has 0 atom stereocenters. The van der Waals surface area contributed by atoms with Gasteiger partial charge in [-0.15, -0.1) is 0 Å². The van der Waals surface area contributed by atoms with Crippen LogP contribution in [0.3, 0.4) is 0 Å². The minimum atomic E-state index is -0.471. The molecule has 2 N–H and O–H groups in total. The largest absolute Gasteiger partial charge is 0.336 e.